The van der Waals surface area contributed by atoms with Crippen LogP contribution in [0.3, 0.4) is 0 Å². The Kier molecular flexibility index (Phi) is 4.63. The highest BCUT2D eigenvalue weighted by molar-refractivity contribution is 5.73. The molecular formula is C12H24O2. The molecule has 0 aromatic carbocycles. The molecule has 0 radical (unpaired) electrons. The lowest BCUT2D eigenvalue weighted by atomic mass is 9.79. The summed E-state index contributed by atoms with van der Waals surface area (Å²) in [6.07, 6.45) is 3.60. The van der Waals surface area contributed by atoms with Crippen molar-refractivity contribution in [3.05, 3.63) is 0 Å². The van der Waals surface area contributed by atoms with E-state index in [2.05, 4.69) is 20.8 Å². The van der Waals surface area contributed by atoms with Gasteiger partial charge in [0.25, 0.3) is 0 Å². The molecule has 0 aromatic heterocycles. The molecule has 0 heterocycles. The van der Waals surface area contributed by atoms with Crippen molar-refractivity contribution in [3.8, 4) is 0 Å². The summed E-state index contributed by atoms with van der Waals surface area (Å²) < 4.78 is 0. The van der Waals surface area contributed by atoms with E-state index in [0.717, 1.165) is 19.3 Å². The average molecular weight is 200 g/mol. The van der Waals surface area contributed by atoms with Crippen LogP contribution >= 0.6 is 0 Å². The first-order valence-electron chi connectivity index (χ1n) is 5.45. The van der Waals surface area contributed by atoms with Crippen molar-refractivity contribution in [2.75, 3.05) is 0 Å². The van der Waals surface area contributed by atoms with Crippen molar-refractivity contribution in [2.24, 2.45) is 10.8 Å². The summed E-state index contributed by atoms with van der Waals surface area (Å²) in [5.74, 6) is -0.658. The Bertz CT molecular complexity index is 191. The van der Waals surface area contributed by atoms with Gasteiger partial charge in [0.2, 0.25) is 0 Å². The number of hydrogen-bond acceptors (Lipinski definition) is 1. The molecule has 0 fully saturated rings. The maximum absolute atomic E-state index is 11.0. The fourth-order valence-electron chi connectivity index (χ4n) is 1.44. The average Bonchev–Trinajstić information content (AvgIpc) is 2.01. The van der Waals surface area contributed by atoms with Gasteiger partial charge in [0, 0.05) is 0 Å². The third kappa shape index (κ3) is 4.64. The van der Waals surface area contributed by atoms with Crippen molar-refractivity contribution in [1.82, 2.24) is 0 Å². The van der Waals surface area contributed by atoms with E-state index >= 15 is 0 Å². The molecule has 0 spiro atoms. The van der Waals surface area contributed by atoms with E-state index in [9.17, 15) is 4.79 Å². The Morgan fingerprint density at radius 1 is 1.14 bits per heavy atom. The van der Waals surface area contributed by atoms with Gasteiger partial charge in [-0.05, 0) is 31.6 Å². The van der Waals surface area contributed by atoms with Gasteiger partial charge in [0.05, 0.1) is 5.41 Å². The van der Waals surface area contributed by atoms with Crippen LogP contribution in [0, 0.1) is 10.8 Å². The second-order valence-corrected chi connectivity index (χ2v) is 5.63. The summed E-state index contributed by atoms with van der Waals surface area (Å²) in [7, 11) is 0. The molecule has 84 valence electrons. The van der Waals surface area contributed by atoms with Crippen LogP contribution in [-0.4, -0.2) is 11.1 Å². The number of carboxylic acid groups (broad SMARTS) is 1. The summed E-state index contributed by atoms with van der Waals surface area (Å²) in [5, 5.41) is 9.06. The molecule has 0 aliphatic heterocycles. The van der Waals surface area contributed by atoms with Crippen LogP contribution < -0.4 is 0 Å². The zero-order chi connectivity index (χ0) is 11.4. The molecule has 0 rings (SSSR count). The first-order chi connectivity index (χ1) is 6.21. The second kappa shape index (κ2) is 4.81. The van der Waals surface area contributed by atoms with Gasteiger partial charge in [-0.1, -0.05) is 34.1 Å². The molecule has 14 heavy (non-hydrogen) atoms. The minimum absolute atomic E-state index is 0.313. The van der Waals surface area contributed by atoms with E-state index in [4.69, 9.17) is 5.11 Å². The molecule has 1 N–H and O–H groups in total. The van der Waals surface area contributed by atoms with Gasteiger partial charge >= 0.3 is 5.97 Å². The molecular weight excluding hydrogens is 176 g/mol. The van der Waals surface area contributed by atoms with E-state index in [1.807, 2.05) is 13.8 Å². The highest BCUT2D eigenvalue weighted by atomic mass is 16.4. The molecule has 0 saturated carbocycles. The zero-order valence-corrected chi connectivity index (χ0v) is 10.2. The Balaban J connectivity index is 4.04. The second-order valence-electron chi connectivity index (χ2n) is 5.63. The smallest absolute Gasteiger partial charge is 0.309 e. The van der Waals surface area contributed by atoms with E-state index in [-0.39, 0.29) is 0 Å². The summed E-state index contributed by atoms with van der Waals surface area (Å²) in [6, 6.07) is 0. The fourth-order valence-corrected chi connectivity index (χ4v) is 1.44. The predicted molar refractivity (Wildman–Crippen MR) is 59.3 cm³/mol. The van der Waals surface area contributed by atoms with Crippen LogP contribution in [0.2, 0.25) is 0 Å². The van der Waals surface area contributed by atoms with Crippen molar-refractivity contribution < 1.29 is 9.90 Å². The summed E-state index contributed by atoms with van der Waals surface area (Å²) >= 11 is 0. The van der Waals surface area contributed by atoms with Crippen molar-refractivity contribution in [1.29, 1.82) is 0 Å². The quantitative estimate of drug-likeness (QED) is 0.734. The van der Waals surface area contributed by atoms with Crippen LogP contribution in [0.1, 0.15) is 60.3 Å². The van der Waals surface area contributed by atoms with E-state index in [1.165, 1.54) is 0 Å². The van der Waals surface area contributed by atoms with Gasteiger partial charge in [-0.15, -0.1) is 0 Å². The Labute approximate surface area is 87.7 Å². The van der Waals surface area contributed by atoms with E-state index in [1.54, 1.807) is 0 Å². The monoisotopic (exact) mass is 200 g/mol. The Morgan fingerprint density at radius 3 is 1.93 bits per heavy atom. The van der Waals surface area contributed by atoms with Crippen LogP contribution in [-0.2, 0) is 4.79 Å². The van der Waals surface area contributed by atoms with Crippen LogP contribution in [0.4, 0.5) is 0 Å². The number of carbonyl (C=O) groups is 1. The van der Waals surface area contributed by atoms with Crippen LogP contribution in [0.25, 0.3) is 0 Å². The first kappa shape index (κ1) is 13.5. The molecule has 2 heteroatoms. The Hall–Kier alpha value is -0.530. The van der Waals surface area contributed by atoms with Crippen molar-refractivity contribution >= 4 is 5.97 Å². The summed E-state index contributed by atoms with van der Waals surface area (Å²) in [5.41, 5.74) is -0.210. The summed E-state index contributed by atoms with van der Waals surface area (Å²) in [4.78, 5) is 11.0. The third-order valence-corrected chi connectivity index (χ3v) is 2.95. The highest BCUT2D eigenvalue weighted by Gasteiger charge is 2.30. The molecule has 0 bridgehead atoms. The van der Waals surface area contributed by atoms with Crippen LogP contribution in [0.5, 0.6) is 0 Å². The molecule has 0 aromatic rings. The van der Waals surface area contributed by atoms with Crippen molar-refractivity contribution in [2.45, 2.75) is 60.3 Å². The SMILES string of the molecule is CCC(C)(CCCC(C)(C)C)C(=O)O. The molecule has 0 saturated heterocycles. The molecule has 0 aliphatic rings. The minimum Gasteiger partial charge on any atom is -0.481 e. The van der Waals surface area contributed by atoms with E-state index in [0.29, 0.717) is 11.8 Å². The maximum atomic E-state index is 11.0. The lowest BCUT2D eigenvalue weighted by Gasteiger charge is -2.25. The number of rotatable bonds is 5. The lowest BCUT2D eigenvalue weighted by Crippen LogP contribution is -2.27. The lowest BCUT2D eigenvalue weighted by molar-refractivity contribution is -0.148. The predicted octanol–water partition coefficient (Wildman–Crippen LogP) is 3.70. The third-order valence-electron chi connectivity index (χ3n) is 2.95. The van der Waals surface area contributed by atoms with Gasteiger partial charge in [0.1, 0.15) is 0 Å². The van der Waals surface area contributed by atoms with Gasteiger partial charge in [0.15, 0.2) is 0 Å². The standard InChI is InChI=1S/C12H24O2/c1-6-12(5,10(13)14)9-7-8-11(2,3)4/h6-9H2,1-5H3,(H,13,14). The molecule has 0 aliphatic carbocycles. The first-order valence-corrected chi connectivity index (χ1v) is 5.45. The molecule has 2 nitrogen and oxygen atoms in total. The van der Waals surface area contributed by atoms with Crippen molar-refractivity contribution in [3.63, 3.8) is 0 Å². The minimum atomic E-state index is -0.658. The number of hydrogen-bond donors (Lipinski definition) is 1. The maximum Gasteiger partial charge on any atom is 0.309 e. The topological polar surface area (TPSA) is 37.3 Å². The van der Waals surface area contributed by atoms with Gasteiger partial charge < -0.3 is 5.11 Å². The van der Waals surface area contributed by atoms with Gasteiger partial charge in [-0.2, -0.15) is 0 Å². The largest absolute Gasteiger partial charge is 0.481 e. The van der Waals surface area contributed by atoms with Crippen LogP contribution in [0.15, 0.2) is 0 Å². The number of carboxylic acids is 1. The summed E-state index contributed by atoms with van der Waals surface area (Å²) in [6.45, 7) is 10.4. The molecule has 1 atom stereocenters. The van der Waals surface area contributed by atoms with Gasteiger partial charge in [-0.25, -0.2) is 0 Å². The molecule has 0 amide bonds. The zero-order valence-electron chi connectivity index (χ0n) is 10.2. The Morgan fingerprint density at radius 2 is 1.64 bits per heavy atom. The molecule has 1 unspecified atom stereocenters. The van der Waals surface area contributed by atoms with Gasteiger partial charge in [-0.3, -0.25) is 4.79 Å². The fraction of sp³-hybridized carbons (Fsp3) is 0.917. The normalized spacial score (nSPS) is 16.4. The van der Waals surface area contributed by atoms with E-state index < -0.39 is 11.4 Å². The number of aliphatic carboxylic acids is 1. The highest BCUT2D eigenvalue weighted by Crippen LogP contribution is 2.31.